The monoisotopic (exact) mass is 460 g/mol. The normalized spacial score (nSPS) is 12.9. The van der Waals surface area contributed by atoms with E-state index in [-0.39, 0.29) is 0 Å². The van der Waals surface area contributed by atoms with Gasteiger partial charge in [0.05, 0.1) is 12.6 Å². The molecule has 0 N–H and O–H groups in total. The number of hydrogen-bond donors (Lipinski definition) is 0. The fourth-order valence-electron chi connectivity index (χ4n) is 4.98. The number of nitrogens with zero attached hydrogens (tertiary/aromatic N) is 2. The average molecular weight is 461 g/mol. The van der Waals surface area contributed by atoms with Gasteiger partial charge in [-0.3, -0.25) is 0 Å². The minimum absolute atomic E-state index is 0.967. The van der Waals surface area contributed by atoms with E-state index in [9.17, 15) is 0 Å². The second-order valence-electron chi connectivity index (χ2n) is 9.28. The highest BCUT2D eigenvalue weighted by Gasteiger charge is 2.29. The molecule has 1 aliphatic carbocycles. The van der Waals surface area contributed by atoms with Crippen LogP contribution < -0.4 is 4.74 Å². The predicted octanol–water partition coefficient (Wildman–Crippen LogP) is 8.93. The van der Waals surface area contributed by atoms with E-state index in [0.717, 1.165) is 31.7 Å². The van der Waals surface area contributed by atoms with Crippen LogP contribution in [-0.2, 0) is 13.1 Å². The Morgan fingerprint density at radius 1 is 1.00 bits per heavy atom. The molecule has 3 nitrogen and oxygen atoms in total. The van der Waals surface area contributed by atoms with Gasteiger partial charge in [-0.2, -0.15) is 0 Å². The third-order valence-corrected chi connectivity index (χ3v) is 6.59. The summed E-state index contributed by atoms with van der Waals surface area (Å²) in [6.45, 7) is 17.5. The number of ether oxygens (including phenoxy) is 1. The third kappa shape index (κ3) is 4.89. The molecule has 2 aromatic heterocycles. The van der Waals surface area contributed by atoms with Crippen molar-refractivity contribution in [3.8, 4) is 5.75 Å². The Hall–Kier alpha value is -2.68. The van der Waals surface area contributed by atoms with Crippen molar-refractivity contribution < 1.29 is 4.74 Å². The van der Waals surface area contributed by atoms with Gasteiger partial charge in [0, 0.05) is 46.7 Å². The van der Waals surface area contributed by atoms with Crippen LogP contribution in [0, 0.1) is 13.8 Å². The molecule has 34 heavy (non-hydrogen) atoms. The second-order valence-corrected chi connectivity index (χ2v) is 9.28. The van der Waals surface area contributed by atoms with Gasteiger partial charge in [0.25, 0.3) is 0 Å². The first-order valence-corrected chi connectivity index (χ1v) is 13.2. The Bertz CT molecular complexity index is 1180. The lowest BCUT2D eigenvalue weighted by Gasteiger charge is -2.14. The molecule has 3 heteroatoms. The second kappa shape index (κ2) is 11.6. The highest BCUT2D eigenvalue weighted by Crippen LogP contribution is 2.46. The van der Waals surface area contributed by atoms with Gasteiger partial charge in [-0.25, -0.2) is 0 Å². The van der Waals surface area contributed by atoms with Crippen LogP contribution in [0.25, 0.3) is 22.6 Å². The fraction of sp³-hybridized carbons (Fsp3) is 0.484. The zero-order chi connectivity index (χ0) is 24.8. The van der Waals surface area contributed by atoms with E-state index in [1.807, 2.05) is 0 Å². The maximum atomic E-state index is 5.81. The molecule has 0 saturated heterocycles. The highest BCUT2D eigenvalue weighted by atomic mass is 16.5. The van der Waals surface area contributed by atoms with Crippen LogP contribution in [0.5, 0.6) is 5.75 Å². The number of para-hydroxylation sites is 1. The number of aryl methyl sites for hydroxylation is 1. The number of methoxy groups -OCH3 is 1. The quantitative estimate of drug-likeness (QED) is 0.328. The van der Waals surface area contributed by atoms with E-state index in [1.165, 1.54) is 63.9 Å². The van der Waals surface area contributed by atoms with Gasteiger partial charge in [-0.1, -0.05) is 64.0 Å². The average Bonchev–Trinajstić information content (AvgIpc) is 3.57. The van der Waals surface area contributed by atoms with Crippen molar-refractivity contribution in [2.75, 3.05) is 7.11 Å². The molecule has 0 aliphatic heterocycles. The van der Waals surface area contributed by atoms with Crippen LogP contribution in [0.15, 0.2) is 35.9 Å². The lowest BCUT2D eigenvalue weighted by atomic mass is 9.97. The zero-order valence-corrected chi connectivity index (χ0v) is 22.7. The Morgan fingerprint density at radius 3 is 2.26 bits per heavy atom. The van der Waals surface area contributed by atoms with Gasteiger partial charge in [0.1, 0.15) is 5.75 Å². The summed E-state index contributed by atoms with van der Waals surface area (Å²) < 4.78 is 10.8. The number of fused-ring (bicyclic) bond motifs is 1. The molecule has 0 spiro atoms. The van der Waals surface area contributed by atoms with Gasteiger partial charge in [0.15, 0.2) is 0 Å². The first kappa shape index (κ1) is 25.9. The molecular weight excluding hydrogens is 416 g/mol. The minimum atomic E-state index is 0.967. The summed E-state index contributed by atoms with van der Waals surface area (Å²) in [4.78, 5) is 0. The van der Waals surface area contributed by atoms with E-state index >= 15 is 0 Å². The molecule has 0 amide bonds. The van der Waals surface area contributed by atoms with E-state index in [4.69, 9.17) is 4.74 Å². The molecule has 1 saturated carbocycles. The summed E-state index contributed by atoms with van der Waals surface area (Å²) in [6.07, 6.45) is 10.4. The molecule has 4 rings (SSSR count). The largest absolute Gasteiger partial charge is 0.495 e. The fourth-order valence-corrected chi connectivity index (χ4v) is 4.98. The lowest BCUT2D eigenvalue weighted by Crippen LogP contribution is -2.05. The summed E-state index contributed by atoms with van der Waals surface area (Å²) in [5.41, 5.74) is 11.1. The smallest absolute Gasteiger partial charge is 0.143 e. The minimum Gasteiger partial charge on any atom is -0.495 e. The third-order valence-electron chi connectivity index (χ3n) is 6.59. The van der Waals surface area contributed by atoms with Crippen LogP contribution in [-0.4, -0.2) is 16.2 Å². The summed E-state index contributed by atoms with van der Waals surface area (Å²) in [5, 5.41) is 1.31. The molecule has 3 aromatic rings. The van der Waals surface area contributed by atoms with Crippen molar-refractivity contribution in [3.63, 3.8) is 0 Å². The van der Waals surface area contributed by atoms with Gasteiger partial charge in [-0.05, 0) is 64.2 Å². The van der Waals surface area contributed by atoms with Crippen molar-refractivity contribution in [1.82, 2.24) is 9.13 Å². The topological polar surface area (TPSA) is 19.1 Å². The SMILES string of the molecule is CC/C=C\c1cc(C(=C2CC2)c2c(C)n(CCC)c3c(OC)cccc23)n(CC)c1C.CCC. The van der Waals surface area contributed by atoms with Crippen LogP contribution in [0.3, 0.4) is 0 Å². The first-order chi connectivity index (χ1) is 16.5. The van der Waals surface area contributed by atoms with E-state index in [2.05, 4.69) is 94.0 Å². The van der Waals surface area contributed by atoms with Crippen molar-refractivity contribution in [3.05, 3.63) is 64.1 Å². The number of hydrogen-bond acceptors (Lipinski definition) is 1. The molecule has 1 fully saturated rings. The molecular formula is C31H44N2O. The predicted molar refractivity (Wildman–Crippen MR) is 149 cm³/mol. The van der Waals surface area contributed by atoms with Crippen molar-refractivity contribution in [2.45, 2.75) is 93.7 Å². The van der Waals surface area contributed by atoms with Crippen molar-refractivity contribution in [1.29, 1.82) is 0 Å². The Labute approximate surface area is 207 Å². The first-order valence-electron chi connectivity index (χ1n) is 13.2. The van der Waals surface area contributed by atoms with E-state index in [0.29, 0.717) is 0 Å². The molecule has 184 valence electrons. The Kier molecular flexibility index (Phi) is 8.88. The Morgan fingerprint density at radius 2 is 1.71 bits per heavy atom. The van der Waals surface area contributed by atoms with Crippen LogP contribution in [0.2, 0.25) is 0 Å². The maximum absolute atomic E-state index is 5.81. The van der Waals surface area contributed by atoms with Crippen molar-refractivity contribution >= 4 is 22.6 Å². The number of aromatic nitrogens is 2. The van der Waals surface area contributed by atoms with E-state index in [1.54, 1.807) is 12.7 Å². The van der Waals surface area contributed by atoms with E-state index < -0.39 is 0 Å². The highest BCUT2D eigenvalue weighted by molar-refractivity contribution is 6.02. The summed E-state index contributed by atoms with van der Waals surface area (Å²) >= 11 is 0. The van der Waals surface area contributed by atoms with Crippen molar-refractivity contribution in [2.24, 2.45) is 0 Å². The summed E-state index contributed by atoms with van der Waals surface area (Å²) in [7, 11) is 1.78. The molecule has 0 unspecified atom stereocenters. The maximum Gasteiger partial charge on any atom is 0.143 e. The number of allylic oxidation sites excluding steroid dienone is 2. The molecule has 2 heterocycles. The summed E-state index contributed by atoms with van der Waals surface area (Å²) in [5.74, 6) is 0.967. The molecule has 1 aromatic carbocycles. The number of rotatable bonds is 8. The van der Waals surface area contributed by atoms with Crippen LogP contribution in [0.1, 0.15) is 94.9 Å². The van der Waals surface area contributed by atoms with Gasteiger partial charge in [-0.15, -0.1) is 0 Å². The van der Waals surface area contributed by atoms with Crippen LogP contribution in [0.4, 0.5) is 0 Å². The molecule has 0 radical (unpaired) electrons. The van der Waals surface area contributed by atoms with Gasteiger partial charge in [0.2, 0.25) is 0 Å². The molecule has 1 aliphatic rings. The lowest BCUT2D eigenvalue weighted by molar-refractivity contribution is 0.417. The van der Waals surface area contributed by atoms with Gasteiger partial charge < -0.3 is 13.9 Å². The number of benzene rings is 1. The van der Waals surface area contributed by atoms with Gasteiger partial charge >= 0.3 is 0 Å². The summed E-state index contributed by atoms with van der Waals surface area (Å²) in [6, 6.07) is 8.91. The molecule has 0 atom stereocenters. The Balaban J connectivity index is 0.00000103. The zero-order valence-electron chi connectivity index (χ0n) is 22.7. The standard InChI is InChI=1S/C28H36N2O.C3H8/c1-7-10-12-22-18-24(29(9-3)19(22)4)27(21-15-16-21)26-20(5)30(17-8-2)28-23(26)13-11-14-25(28)31-6;1-3-2/h10-14,18H,7-9,15-17H2,1-6H3;3H2,1-2H3/b12-10-;. The van der Waals surface area contributed by atoms with Crippen LogP contribution >= 0.6 is 0 Å². The molecule has 0 bridgehead atoms.